The van der Waals surface area contributed by atoms with Gasteiger partial charge in [0.1, 0.15) is 0 Å². The smallest absolute Gasteiger partial charge is 0.282 e. The van der Waals surface area contributed by atoms with Crippen LogP contribution >= 0.6 is 0 Å². The van der Waals surface area contributed by atoms with Crippen molar-refractivity contribution in [2.45, 2.75) is 12.4 Å². The van der Waals surface area contributed by atoms with Crippen molar-refractivity contribution in [2.24, 2.45) is 5.41 Å². The van der Waals surface area contributed by atoms with Gasteiger partial charge in [-0.1, -0.05) is 0 Å². The maximum Gasteiger partial charge on any atom is 0.282 e. The fourth-order valence-electron chi connectivity index (χ4n) is 1.24. The Morgan fingerprint density at radius 3 is 1.33 bits per heavy atom. The third kappa shape index (κ3) is 3.37. The van der Waals surface area contributed by atoms with Crippen molar-refractivity contribution in [3.63, 3.8) is 0 Å². The van der Waals surface area contributed by atoms with Crippen LogP contribution in [0.4, 0.5) is 0 Å². The van der Waals surface area contributed by atoms with Gasteiger partial charge < -0.3 is 29.5 Å². The van der Waals surface area contributed by atoms with Gasteiger partial charge in [0, 0.05) is 33.2 Å². The Labute approximate surface area is 89.4 Å². The zero-order valence-electron chi connectivity index (χ0n) is 9.39. The lowest BCUT2D eigenvalue weighted by molar-refractivity contribution is -0.368. The summed E-state index contributed by atoms with van der Waals surface area (Å²) in [5, 5.41) is 27.4. The average Bonchev–Trinajstić information content (AvgIpc) is 2.33. The largest absolute Gasteiger partial charge is 0.396 e. The van der Waals surface area contributed by atoms with Crippen LogP contribution in [0.15, 0.2) is 0 Å². The standard InChI is InChI=1S/C9H20O6/c1-13-9(14-2,15-3)4-8(5-10,6-11)7-12/h10-12H,4-7H2,1-3H3. The maximum absolute atomic E-state index is 9.14. The molecule has 0 spiro atoms. The van der Waals surface area contributed by atoms with Gasteiger partial charge in [0.2, 0.25) is 0 Å². The summed E-state index contributed by atoms with van der Waals surface area (Å²) >= 11 is 0. The van der Waals surface area contributed by atoms with E-state index in [2.05, 4.69) is 0 Å². The first-order chi connectivity index (χ1) is 7.07. The first-order valence-electron chi connectivity index (χ1n) is 4.55. The van der Waals surface area contributed by atoms with Crippen LogP contribution in [0, 0.1) is 5.41 Å². The highest BCUT2D eigenvalue weighted by Gasteiger charge is 2.42. The quantitative estimate of drug-likeness (QED) is 0.455. The van der Waals surface area contributed by atoms with Crippen molar-refractivity contribution >= 4 is 0 Å². The number of aliphatic hydroxyl groups is 3. The molecule has 0 heterocycles. The van der Waals surface area contributed by atoms with E-state index in [1.807, 2.05) is 0 Å². The molecule has 0 aliphatic carbocycles. The number of methoxy groups -OCH3 is 3. The Balaban J connectivity index is 4.74. The molecular weight excluding hydrogens is 204 g/mol. The number of ether oxygens (including phenoxy) is 3. The lowest BCUT2D eigenvalue weighted by atomic mass is 9.86. The number of rotatable bonds is 8. The van der Waals surface area contributed by atoms with Crippen LogP contribution in [-0.2, 0) is 14.2 Å². The third-order valence-electron chi connectivity index (χ3n) is 2.53. The lowest BCUT2D eigenvalue weighted by Gasteiger charge is -2.37. The highest BCUT2D eigenvalue weighted by molar-refractivity contribution is 4.81. The molecule has 6 heteroatoms. The molecule has 0 saturated carbocycles. The van der Waals surface area contributed by atoms with Crippen LogP contribution in [0.1, 0.15) is 6.42 Å². The van der Waals surface area contributed by atoms with Crippen molar-refractivity contribution in [2.75, 3.05) is 41.2 Å². The second-order valence-electron chi connectivity index (χ2n) is 3.45. The molecule has 0 amide bonds. The zero-order valence-corrected chi connectivity index (χ0v) is 9.39. The molecule has 0 unspecified atom stereocenters. The summed E-state index contributed by atoms with van der Waals surface area (Å²) in [4.78, 5) is 0. The predicted octanol–water partition coefficient (Wildman–Crippen LogP) is -1.07. The van der Waals surface area contributed by atoms with Crippen molar-refractivity contribution in [3.05, 3.63) is 0 Å². The van der Waals surface area contributed by atoms with E-state index in [1.54, 1.807) is 0 Å². The van der Waals surface area contributed by atoms with Crippen molar-refractivity contribution in [1.82, 2.24) is 0 Å². The molecule has 0 bridgehead atoms. The summed E-state index contributed by atoms with van der Waals surface area (Å²) in [6.07, 6.45) is 0.0208. The van der Waals surface area contributed by atoms with E-state index >= 15 is 0 Å². The van der Waals surface area contributed by atoms with Crippen molar-refractivity contribution in [3.8, 4) is 0 Å². The van der Waals surface area contributed by atoms with E-state index in [0.717, 1.165) is 0 Å². The number of hydrogen-bond donors (Lipinski definition) is 3. The van der Waals surface area contributed by atoms with E-state index < -0.39 is 31.2 Å². The molecule has 6 nitrogen and oxygen atoms in total. The maximum atomic E-state index is 9.14. The lowest BCUT2D eigenvalue weighted by Crippen LogP contribution is -2.47. The summed E-state index contributed by atoms with van der Waals surface area (Å²) in [5.74, 6) is -1.37. The van der Waals surface area contributed by atoms with E-state index in [-0.39, 0.29) is 6.42 Å². The third-order valence-corrected chi connectivity index (χ3v) is 2.53. The van der Waals surface area contributed by atoms with E-state index in [0.29, 0.717) is 0 Å². The zero-order chi connectivity index (χ0) is 11.9. The SMILES string of the molecule is COC(CC(CO)(CO)CO)(OC)OC. The van der Waals surface area contributed by atoms with Crippen molar-refractivity contribution < 1.29 is 29.5 Å². The highest BCUT2D eigenvalue weighted by Crippen LogP contribution is 2.31. The molecule has 0 fully saturated rings. The summed E-state index contributed by atoms with van der Waals surface area (Å²) in [5.41, 5.74) is -1.10. The van der Waals surface area contributed by atoms with Crippen molar-refractivity contribution in [1.29, 1.82) is 0 Å². The molecular formula is C9H20O6. The van der Waals surface area contributed by atoms with Gasteiger partial charge in [-0.25, -0.2) is 0 Å². The average molecular weight is 224 g/mol. The normalized spacial score (nSPS) is 13.2. The minimum absolute atomic E-state index is 0.0208. The van der Waals surface area contributed by atoms with E-state index in [4.69, 9.17) is 29.5 Å². The number of hydrogen-bond acceptors (Lipinski definition) is 6. The molecule has 3 N–H and O–H groups in total. The van der Waals surface area contributed by atoms with Gasteiger partial charge in [-0.05, 0) is 0 Å². The van der Waals surface area contributed by atoms with Crippen LogP contribution in [0.3, 0.4) is 0 Å². The topological polar surface area (TPSA) is 88.4 Å². The Morgan fingerprint density at radius 1 is 0.800 bits per heavy atom. The molecule has 0 aromatic heterocycles. The van der Waals surface area contributed by atoms with E-state index in [1.165, 1.54) is 21.3 Å². The van der Waals surface area contributed by atoms with Gasteiger partial charge >= 0.3 is 0 Å². The minimum Gasteiger partial charge on any atom is -0.396 e. The van der Waals surface area contributed by atoms with Crippen LogP contribution in [0.25, 0.3) is 0 Å². The molecule has 92 valence electrons. The molecule has 15 heavy (non-hydrogen) atoms. The summed E-state index contributed by atoms with van der Waals surface area (Å²) < 4.78 is 15.1. The molecule has 0 aliphatic heterocycles. The molecule has 0 aromatic carbocycles. The first-order valence-corrected chi connectivity index (χ1v) is 4.55. The van der Waals surface area contributed by atoms with E-state index in [9.17, 15) is 0 Å². The van der Waals surface area contributed by atoms with Gasteiger partial charge in [-0.3, -0.25) is 0 Å². The number of aliphatic hydroxyl groups excluding tert-OH is 3. The summed E-state index contributed by atoms with van der Waals surface area (Å²) in [7, 11) is 4.14. The predicted molar refractivity (Wildman–Crippen MR) is 52.1 cm³/mol. The second-order valence-corrected chi connectivity index (χ2v) is 3.45. The van der Waals surface area contributed by atoms with Crippen LogP contribution in [0.2, 0.25) is 0 Å². The van der Waals surface area contributed by atoms with Crippen LogP contribution in [-0.4, -0.2) is 62.4 Å². The Kier molecular flexibility index (Phi) is 6.26. The summed E-state index contributed by atoms with van der Waals surface area (Å²) in [6.45, 7) is -1.17. The molecule has 0 rings (SSSR count). The fourth-order valence-corrected chi connectivity index (χ4v) is 1.24. The fraction of sp³-hybridized carbons (Fsp3) is 1.00. The summed E-state index contributed by atoms with van der Waals surface area (Å²) in [6, 6.07) is 0. The Hall–Kier alpha value is -0.240. The minimum atomic E-state index is -1.37. The molecule has 0 atom stereocenters. The van der Waals surface area contributed by atoms with Gasteiger partial charge in [-0.15, -0.1) is 0 Å². The van der Waals surface area contributed by atoms with Gasteiger partial charge in [0.25, 0.3) is 5.97 Å². The van der Waals surface area contributed by atoms with Gasteiger partial charge in [-0.2, -0.15) is 0 Å². The first kappa shape index (κ1) is 14.8. The second kappa shape index (κ2) is 6.37. The Morgan fingerprint density at radius 2 is 1.13 bits per heavy atom. The highest BCUT2D eigenvalue weighted by atomic mass is 16.9. The Bertz CT molecular complexity index is 129. The van der Waals surface area contributed by atoms with Crippen LogP contribution < -0.4 is 0 Å². The van der Waals surface area contributed by atoms with Crippen LogP contribution in [0.5, 0.6) is 0 Å². The monoisotopic (exact) mass is 224 g/mol. The molecule has 0 radical (unpaired) electrons. The molecule has 0 saturated heterocycles. The van der Waals surface area contributed by atoms with Gasteiger partial charge in [0.05, 0.1) is 19.8 Å². The van der Waals surface area contributed by atoms with Gasteiger partial charge in [0.15, 0.2) is 0 Å². The molecule has 0 aromatic rings. The molecule has 0 aliphatic rings.